The summed E-state index contributed by atoms with van der Waals surface area (Å²) in [7, 11) is 1.66. The van der Waals surface area contributed by atoms with Crippen LogP contribution in [0.5, 0.6) is 5.75 Å². The van der Waals surface area contributed by atoms with Gasteiger partial charge in [0.2, 0.25) is 0 Å². The normalized spacial score (nSPS) is 20.9. The van der Waals surface area contributed by atoms with Crippen molar-refractivity contribution in [3.63, 3.8) is 0 Å². The average Bonchev–Trinajstić information content (AvgIpc) is 2.63. The number of carbonyl (C=O) groups is 1. The summed E-state index contributed by atoms with van der Waals surface area (Å²) >= 11 is 0. The molecule has 1 aliphatic heterocycles. The second-order valence-corrected chi connectivity index (χ2v) is 6.02. The lowest BCUT2D eigenvalue weighted by Gasteiger charge is -2.29. The van der Waals surface area contributed by atoms with E-state index in [9.17, 15) is 4.79 Å². The molecule has 0 unspecified atom stereocenters. The van der Waals surface area contributed by atoms with Crippen molar-refractivity contribution in [2.75, 3.05) is 13.7 Å². The maximum Gasteiger partial charge on any atom is 0.163 e. The number of methoxy groups -OCH3 is 1. The van der Waals surface area contributed by atoms with Crippen LogP contribution < -0.4 is 4.74 Å². The number of carbonyl (C=O) groups excluding carboxylic acids is 1. The molecule has 1 fully saturated rings. The summed E-state index contributed by atoms with van der Waals surface area (Å²) in [5.41, 5.74) is 1.96. The van der Waals surface area contributed by atoms with Gasteiger partial charge in [-0.25, -0.2) is 0 Å². The molecule has 0 spiro atoms. The number of ketones is 1. The second-order valence-electron chi connectivity index (χ2n) is 6.02. The molecule has 0 aromatic heterocycles. The lowest BCUT2D eigenvalue weighted by atomic mass is 9.87. The topological polar surface area (TPSA) is 35.5 Å². The standard InChI is InChI=1S/C20H22O3/c1-22-18-9-7-17(8-10-18)20-14-15(11-12-23-20)13-19(21)16-5-3-2-4-6-16/h2-10,15,20H,11-14H2,1H3/t15-,20-/m0/s1. The van der Waals surface area contributed by atoms with Crippen LogP contribution in [0.3, 0.4) is 0 Å². The van der Waals surface area contributed by atoms with E-state index in [2.05, 4.69) is 0 Å². The van der Waals surface area contributed by atoms with Gasteiger partial charge < -0.3 is 9.47 Å². The number of Topliss-reactive ketones (excluding diaryl/α,β-unsaturated/α-hetero) is 1. The third kappa shape index (κ3) is 3.99. The molecule has 1 heterocycles. The molecule has 1 saturated heterocycles. The number of hydrogen-bond acceptors (Lipinski definition) is 3. The SMILES string of the molecule is COc1ccc([C@@H]2C[C@H](CC(=O)c3ccccc3)CCO2)cc1. The van der Waals surface area contributed by atoms with Crippen molar-refractivity contribution in [2.45, 2.75) is 25.4 Å². The molecule has 2 atom stereocenters. The van der Waals surface area contributed by atoms with Crippen molar-refractivity contribution in [1.29, 1.82) is 0 Å². The Kier molecular flexibility index (Phi) is 5.09. The summed E-state index contributed by atoms with van der Waals surface area (Å²) in [5.74, 6) is 1.45. The molecule has 0 amide bonds. The number of benzene rings is 2. The van der Waals surface area contributed by atoms with Gasteiger partial charge in [-0.05, 0) is 36.5 Å². The molecule has 3 rings (SSSR count). The Hall–Kier alpha value is -2.13. The van der Waals surface area contributed by atoms with Crippen molar-refractivity contribution in [2.24, 2.45) is 5.92 Å². The van der Waals surface area contributed by atoms with Gasteiger partial charge in [0, 0.05) is 18.6 Å². The summed E-state index contributed by atoms with van der Waals surface area (Å²) < 4.78 is 11.1. The zero-order valence-corrected chi connectivity index (χ0v) is 13.4. The highest BCUT2D eigenvalue weighted by molar-refractivity contribution is 5.96. The zero-order valence-electron chi connectivity index (χ0n) is 13.4. The fourth-order valence-electron chi connectivity index (χ4n) is 3.11. The number of hydrogen-bond donors (Lipinski definition) is 0. The molecule has 3 heteroatoms. The fourth-order valence-corrected chi connectivity index (χ4v) is 3.11. The summed E-state index contributed by atoms with van der Waals surface area (Å²) in [5, 5.41) is 0. The van der Waals surface area contributed by atoms with Crippen LogP contribution in [-0.2, 0) is 4.74 Å². The number of ether oxygens (including phenoxy) is 2. The molecule has 0 saturated carbocycles. The molecule has 2 aromatic rings. The van der Waals surface area contributed by atoms with Crippen molar-refractivity contribution >= 4 is 5.78 Å². The molecule has 0 N–H and O–H groups in total. The van der Waals surface area contributed by atoms with E-state index in [1.165, 1.54) is 0 Å². The van der Waals surface area contributed by atoms with Gasteiger partial charge in [0.1, 0.15) is 5.75 Å². The molecule has 0 bridgehead atoms. The van der Waals surface area contributed by atoms with Crippen molar-refractivity contribution in [3.05, 3.63) is 65.7 Å². The Morgan fingerprint density at radius 3 is 2.57 bits per heavy atom. The van der Waals surface area contributed by atoms with Crippen molar-refractivity contribution in [1.82, 2.24) is 0 Å². The molecule has 3 nitrogen and oxygen atoms in total. The summed E-state index contributed by atoms with van der Waals surface area (Å²) in [6.07, 6.45) is 2.51. The molecule has 1 aliphatic rings. The highest BCUT2D eigenvalue weighted by Gasteiger charge is 2.26. The Bertz CT molecular complexity index is 634. The lowest BCUT2D eigenvalue weighted by molar-refractivity contribution is -0.0108. The predicted octanol–water partition coefficient (Wildman–Crippen LogP) is 4.44. The van der Waals surface area contributed by atoms with E-state index in [-0.39, 0.29) is 11.9 Å². The van der Waals surface area contributed by atoms with Crippen molar-refractivity contribution in [3.8, 4) is 5.75 Å². The minimum atomic E-state index is 0.0724. The van der Waals surface area contributed by atoms with Gasteiger partial charge >= 0.3 is 0 Å². The largest absolute Gasteiger partial charge is 0.497 e. The molecular weight excluding hydrogens is 288 g/mol. The van der Waals surface area contributed by atoms with Crippen LogP contribution in [0.25, 0.3) is 0 Å². The maximum absolute atomic E-state index is 12.4. The van der Waals surface area contributed by atoms with Gasteiger partial charge in [-0.15, -0.1) is 0 Å². The smallest absolute Gasteiger partial charge is 0.163 e. The van der Waals surface area contributed by atoms with Crippen LogP contribution in [0.2, 0.25) is 0 Å². The molecule has 0 radical (unpaired) electrons. The van der Waals surface area contributed by atoms with Gasteiger partial charge in [-0.2, -0.15) is 0 Å². The third-order valence-electron chi connectivity index (χ3n) is 4.45. The first kappa shape index (κ1) is 15.8. The zero-order chi connectivity index (χ0) is 16.1. The molecule has 0 aliphatic carbocycles. The van der Waals surface area contributed by atoms with Crippen LogP contribution in [0.15, 0.2) is 54.6 Å². The Labute approximate surface area is 137 Å². The average molecular weight is 310 g/mol. The summed E-state index contributed by atoms with van der Waals surface area (Å²) in [4.78, 5) is 12.4. The predicted molar refractivity (Wildman–Crippen MR) is 89.8 cm³/mol. The highest BCUT2D eigenvalue weighted by atomic mass is 16.5. The van der Waals surface area contributed by atoms with Crippen molar-refractivity contribution < 1.29 is 14.3 Å². The molecule has 23 heavy (non-hydrogen) atoms. The quantitative estimate of drug-likeness (QED) is 0.766. The van der Waals surface area contributed by atoms with E-state index in [1.54, 1.807) is 7.11 Å². The Morgan fingerprint density at radius 2 is 1.87 bits per heavy atom. The van der Waals surface area contributed by atoms with Crippen LogP contribution >= 0.6 is 0 Å². The van der Waals surface area contributed by atoms with E-state index in [4.69, 9.17) is 9.47 Å². The number of rotatable bonds is 5. The molecule has 2 aromatic carbocycles. The van der Waals surface area contributed by atoms with Gasteiger partial charge in [0.25, 0.3) is 0 Å². The van der Waals surface area contributed by atoms with E-state index >= 15 is 0 Å². The lowest BCUT2D eigenvalue weighted by Crippen LogP contribution is -2.22. The summed E-state index contributed by atoms with van der Waals surface area (Å²) in [6.45, 7) is 0.712. The highest BCUT2D eigenvalue weighted by Crippen LogP contribution is 2.34. The Morgan fingerprint density at radius 1 is 1.13 bits per heavy atom. The fraction of sp³-hybridized carbons (Fsp3) is 0.350. The van der Waals surface area contributed by atoms with Gasteiger partial charge in [-0.1, -0.05) is 42.5 Å². The molecule has 120 valence electrons. The van der Waals surface area contributed by atoms with Crippen LogP contribution in [0, 0.1) is 5.92 Å². The van der Waals surface area contributed by atoms with E-state index in [1.807, 2.05) is 54.6 Å². The maximum atomic E-state index is 12.4. The monoisotopic (exact) mass is 310 g/mol. The van der Waals surface area contributed by atoms with Gasteiger partial charge in [-0.3, -0.25) is 4.79 Å². The van der Waals surface area contributed by atoms with E-state index in [0.29, 0.717) is 18.9 Å². The minimum Gasteiger partial charge on any atom is -0.497 e. The Balaban J connectivity index is 1.62. The van der Waals surface area contributed by atoms with Gasteiger partial charge in [0.05, 0.1) is 13.2 Å². The second kappa shape index (κ2) is 7.42. The first-order valence-electron chi connectivity index (χ1n) is 8.10. The van der Waals surface area contributed by atoms with E-state index in [0.717, 1.165) is 29.7 Å². The van der Waals surface area contributed by atoms with Crippen LogP contribution in [0.1, 0.15) is 41.3 Å². The van der Waals surface area contributed by atoms with Crippen LogP contribution in [0.4, 0.5) is 0 Å². The molecular formula is C20H22O3. The van der Waals surface area contributed by atoms with Gasteiger partial charge in [0.15, 0.2) is 5.78 Å². The first-order valence-corrected chi connectivity index (χ1v) is 8.10. The summed E-state index contributed by atoms with van der Waals surface area (Å²) in [6, 6.07) is 17.6. The minimum absolute atomic E-state index is 0.0724. The first-order chi connectivity index (χ1) is 11.3. The van der Waals surface area contributed by atoms with E-state index < -0.39 is 0 Å². The van der Waals surface area contributed by atoms with Crippen LogP contribution in [-0.4, -0.2) is 19.5 Å². The third-order valence-corrected chi connectivity index (χ3v) is 4.45.